The minimum Gasteiger partial charge on any atom is -0.485 e. The molecule has 294 valence electrons. The van der Waals surface area contributed by atoms with E-state index in [0.717, 1.165) is 92.4 Å². The molecular formula is C39H32O12S6+2. The summed E-state index contributed by atoms with van der Waals surface area (Å²) in [5.74, 6) is 8.71. The zero-order chi connectivity index (χ0) is 37.8. The molecule has 4 aromatic rings. The van der Waals surface area contributed by atoms with Crippen LogP contribution in [-0.4, -0.2) is 89.0 Å². The minimum atomic E-state index is 0.420. The van der Waals surface area contributed by atoms with Gasteiger partial charge in [0.05, 0.1) is 13.9 Å². The quantitative estimate of drug-likeness (QED) is 0.213. The molecule has 0 N–H and O–H groups in total. The average Bonchev–Trinajstić information content (AvgIpc) is 4.12. The van der Waals surface area contributed by atoms with Crippen LogP contribution >= 0.6 is 45.3 Å². The Balaban J connectivity index is 1.11. The van der Waals surface area contributed by atoms with E-state index in [0.29, 0.717) is 120 Å². The van der Waals surface area contributed by atoms with Crippen LogP contribution in [0, 0.1) is 16.0 Å². The van der Waals surface area contributed by atoms with Crippen molar-refractivity contribution >= 4 is 87.6 Å². The van der Waals surface area contributed by atoms with E-state index >= 15 is 0 Å². The molecule has 0 amide bonds. The van der Waals surface area contributed by atoms with Gasteiger partial charge in [0.25, 0.3) is 19.5 Å². The van der Waals surface area contributed by atoms with Crippen molar-refractivity contribution in [2.45, 2.75) is 20.3 Å². The molecule has 12 rings (SSSR count). The molecule has 0 spiro atoms. The van der Waals surface area contributed by atoms with Crippen LogP contribution in [-0.2, 0) is 48.1 Å². The maximum atomic E-state index is 6.48. The molecule has 18 heteroatoms. The van der Waals surface area contributed by atoms with E-state index in [-0.39, 0.29) is 0 Å². The summed E-state index contributed by atoms with van der Waals surface area (Å²) in [4.78, 5) is 7.91. The number of allylic oxidation sites excluding steroid dienone is 2. The Kier molecular flexibility index (Phi) is 8.36. The highest BCUT2D eigenvalue weighted by molar-refractivity contribution is 7.90. The minimum absolute atomic E-state index is 0.420. The summed E-state index contributed by atoms with van der Waals surface area (Å²) < 4.78 is 79.6. The monoisotopic (exact) mass is 884 g/mol. The first-order valence-electron chi connectivity index (χ1n) is 18.7. The van der Waals surface area contributed by atoms with Gasteiger partial charge in [0, 0.05) is 4.88 Å². The number of hydrogen-bond acceptors (Lipinski definition) is 16. The molecular weight excluding hydrogens is 853 g/mol. The largest absolute Gasteiger partial charge is 0.485 e. The molecule has 0 aliphatic carbocycles. The summed E-state index contributed by atoms with van der Waals surface area (Å²) in [6, 6.07) is 0. The van der Waals surface area contributed by atoms with Crippen LogP contribution in [0.4, 0.5) is 0 Å². The zero-order valence-corrected chi connectivity index (χ0v) is 35.4. The summed E-state index contributed by atoms with van der Waals surface area (Å²) >= 11 is 9.75. The predicted octanol–water partition coefficient (Wildman–Crippen LogP) is 4.54. The second kappa shape index (κ2) is 13.7. The Morgan fingerprint density at radius 3 is 1.25 bits per heavy atom. The van der Waals surface area contributed by atoms with E-state index in [9.17, 15) is 0 Å². The van der Waals surface area contributed by atoms with Crippen molar-refractivity contribution in [1.82, 2.24) is 0 Å². The van der Waals surface area contributed by atoms with E-state index in [1.807, 2.05) is 0 Å². The van der Waals surface area contributed by atoms with E-state index in [1.54, 1.807) is 68.0 Å². The third-order valence-corrected chi connectivity index (χ3v) is 17.8. The van der Waals surface area contributed by atoms with E-state index < -0.39 is 0 Å². The summed E-state index contributed by atoms with van der Waals surface area (Å²) in [6.45, 7) is 9.71. The Morgan fingerprint density at radius 2 is 0.754 bits per heavy atom. The standard InChI is InChI=1S/C39H32O12S6/c1-3-17-19-21(43-7-5-41-19)31(53-17)33-23-25(47-11-9-45-23)35(55-33)37-27-29(51-15-13-49-27)39(57-37)38-28-26(48-12-14-50-28)36(56-38)34-24-22(44-8-10-46-24)32(54-34)30-20-18(16(2)52-30)40-4-6-42-20/h3-15H2,1-2H3/q+2. The molecule has 57 heavy (non-hydrogen) atoms. The Labute approximate surface area is 348 Å². The maximum absolute atomic E-state index is 6.48. The first-order chi connectivity index (χ1) is 28.2. The Hall–Kier alpha value is -4.20. The normalized spacial score (nSPS) is 22.5. The molecule has 0 saturated carbocycles. The molecule has 8 aliphatic heterocycles. The van der Waals surface area contributed by atoms with Crippen molar-refractivity contribution in [3.63, 3.8) is 0 Å². The number of thiophene rings is 4. The fraction of sp³-hybridized carbons (Fsp3) is 0.385. The van der Waals surface area contributed by atoms with Gasteiger partial charge in [-0.15, -0.1) is 45.3 Å². The summed E-state index contributed by atoms with van der Waals surface area (Å²) in [7, 11) is 0. The third-order valence-electron chi connectivity index (χ3n) is 9.98. The number of hydrogen-bond donors (Lipinski definition) is 0. The van der Waals surface area contributed by atoms with Crippen LogP contribution in [0.1, 0.15) is 26.4 Å². The van der Waals surface area contributed by atoms with Crippen LogP contribution < -0.4 is 47.0 Å². The third kappa shape index (κ3) is 5.29. The highest BCUT2D eigenvalue weighted by Crippen LogP contribution is 2.49. The van der Waals surface area contributed by atoms with Gasteiger partial charge in [-0.1, -0.05) is 6.92 Å². The summed E-state index contributed by atoms with van der Waals surface area (Å²) in [5, 5.41) is 0. The number of fused-ring (bicyclic) bond motifs is 4. The van der Waals surface area contributed by atoms with Crippen molar-refractivity contribution in [1.29, 1.82) is 0 Å². The van der Waals surface area contributed by atoms with E-state index in [2.05, 4.69) is 13.8 Å². The molecule has 0 fully saturated rings. The highest BCUT2D eigenvalue weighted by Gasteiger charge is 2.49. The molecule has 0 radical (unpaired) electrons. The second-order valence-electron chi connectivity index (χ2n) is 13.4. The number of ether oxygens (including phenoxy) is 12. The lowest BCUT2D eigenvalue weighted by atomic mass is 10.2. The number of aryl methyl sites for hydroxylation is 2. The lowest BCUT2D eigenvalue weighted by Gasteiger charge is -2.17. The molecule has 0 atom stereocenters. The fourth-order valence-corrected chi connectivity index (χ4v) is 15.2. The van der Waals surface area contributed by atoms with Crippen LogP contribution in [0.15, 0.2) is 23.0 Å². The molecule has 0 aromatic carbocycles. The van der Waals surface area contributed by atoms with Gasteiger partial charge in [-0.05, 0) is 13.3 Å². The van der Waals surface area contributed by atoms with Gasteiger partial charge in [0.1, 0.15) is 98.1 Å². The van der Waals surface area contributed by atoms with Gasteiger partial charge in [-0.2, -0.15) is 0 Å². The molecule has 0 bridgehead atoms. The van der Waals surface area contributed by atoms with Crippen molar-refractivity contribution in [3.8, 4) is 46.0 Å². The van der Waals surface area contributed by atoms with Gasteiger partial charge >= 0.3 is 0 Å². The SMILES string of the molecule is CCc1sc(C2=[S+]/C(=c3/s/c(=c4/s/c(=C5/[S+]=C(c6sc(C)c7c6OCCO7)C6=C5OCCO6)c5c4OCCO5)c4c3OCCO4)C3=C2OCCO3)c2c1OCCO2. The van der Waals surface area contributed by atoms with E-state index in [4.69, 9.17) is 56.8 Å². The van der Waals surface area contributed by atoms with Crippen molar-refractivity contribution < 1.29 is 56.8 Å². The maximum Gasteiger partial charge on any atom is 0.298 e. The first-order valence-corrected chi connectivity index (χ1v) is 23.6. The highest BCUT2D eigenvalue weighted by atomic mass is 32.1. The fourth-order valence-electron chi connectivity index (χ4n) is 7.63. The summed E-state index contributed by atoms with van der Waals surface area (Å²) in [5.41, 5.74) is 0. The van der Waals surface area contributed by atoms with Crippen LogP contribution in [0.3, 0.4) is 0 Å². The molecule has 4 aromatic heterocycles. The Morgan fingerprint density at radius 1 is 0.386 bits per heavy atom. The van der Waals surface area contributed by atoms with Crippen LogP contribution in [0.2, 0.25) is 0 Å². The second-order valence-corrected chi connectivity index (χ2v) is 19.8. The lowest BCUT2D eigenvalue weighted by Crippen LogP contribution is -2.20. The smallest absolute Gasteiger partial charge is 0.298 e. The lowest BCUT2D eigenvalue weighted by molar-refractivity contribution is 0.0846. The van der Waals surface area contributed by atoms with Crippen LogP contribution in [0.25, 0.3) is 9.81 Å². The molecule has 0 saturated heterocycles. The zero-order valence-electron chi connectivity index (χ0n) is 30.5. The van der Waals surface area contributed by atoms with Gasteiger partial charge < -0.3 is 56.8 Å². The summed E-state index contributed by atoms with van der Waals surface area (Å²) in [6.07, 6.45) is 0.841. The van der Waals surface area contributed by atoms with Gasteiger partial charge in [-0.3, -0.25) is 0 Å². The van der Waals surface area contributed by atoms with Gasteiger partial charge in [0.15, 0.2) is 46.0 Å². The molecule has 8 aliphatic rings. The van der Waals surface area contributed by atoms with Crippen LogP contribution in [0.5, 0.6) is 46.0 Å². The molecule has 12 heterocycles. The average molecular weight is 885 g/mol. The molecule has 0 unspecified atom stereocenters. The van der Waals surface area contributed by atoms with Gasteiger partial charge in [0.2, 0.25) is 45.7 Å². The van der Waals surface area contributed by atoms with Crippen molar-refractivity contribution in [2.75, 3.05) is 79.3 Å². The van der Waals surface area contributed by atoms with Crippen molar-refractivity contribution in [3.05, 3.63) is 60.7 Å². The van der Waals surface area contributed by atoms with E-state index in [1.165, 1.54) is 0 Å². The van der Waals surface area contributed by atoms with Crippen molar-refractivity contribution in [2.24, 2.45) is 0 Å². The topological polar surface area (TPSA) is 111 Å². The Bertz CT molecular complexity index is 2780. The molecule has 12 nitrogen and oxygen atoms in total. The number of rotatable bonds is 3. The first kappa shape index (κ1) is 34.8. The van der Waals surface area contributed by atoms with Gasteiger partial charge in [-0.25, -0.2) is 0 Å². The predicted molar refractivity (Wildman–Crippen MR) is 220 cm³/mol.